The van der Waals surface area contributed by atoms with Gasteiger partial charge in [0.05, 0.1) is 12.2 Å². The normalized spacial score (nSPS) is 19.9. The van der Waals surface area contributed by atoms with Crippen LogP contribution >= 0.6 is 11.8 Å². The Bertz CT molecular complexity index is 411. The van der Waals surface area contributed by atoms with Gasteiger partial charge in [0.15, 0.2) is 0 Å². The highest BCUT2D eigenvalue weighted by Gasteiger charge is 2.24. The van der Waals surface area contributed by atoms with Gasteiger partial charge in [-0.05, 0) is 12.2 Å². The molecule has 2 heterocycles. The molecule has 1 saturated heterocycles. The van der Waals surface area contributed by atoms with Gasteiger partial charge >= 0.3 is 0 Å². The maximum atomic E-state index is 6.14. The summed E-state index contributed by atoms with van der Waals surface area (Å²) in [7, 11) is 0. The Morgan fingerprint density at radius 1 is 1.69 bits per heavy atom. The van der Waals surface area contributed by atoms with Crippen molar-refractivity contribution >= 4 is 17.6 Å². The van der Waals surface area contributed by atoms with Crippen LogP contribution in [0.2, 0.25) is 0 Å². The standard InChI is InChI=1S/C12H17N3S/c1-3-6-15-10(4-2)14-11(12(15)13)9-5-7-16-8-9/h1,9H,4-8,13H2,2H3. The lowest BCUT2D eigenvalue weighted by atomic mass is 10.1. The van der Waals surface area contributed by atoms with Crippen molar-refractivity contribution in [3.63, 3.8) is 0 Å². The van der Waals surface area contributed by atoms with E-state index in [-0.39, 0.29) is 0 Å². The zero-order valence-electron chi connectivity index (χ0n) is 9.57. The van der Waals surface area contributed by atoms with Crippen LogP contribution in [0.25, 0.3) is 0 Å². The Labute approximate surface area is 101 Å². The van der Waals surface area contributed by atoms with E-state index >= 15 is 0 Å². The maximum Gasteiger partial charge on any atom is 0.127 e. The lowest BCUT2D eigenvalue weighted by molar-refractivity contribution is 0.754. The van der Waals surface area contributed by atoms with E-state index in [4.69, 9.17) is 12.2 Å². The molecule has 16 heavy (non-hydrogen) atoms. The number of aromatic nitrogens is 2. The van der Waals surface area contributed by atoms with E-state index in [0.717, 1.165) is 29.5 Å². The average Bonchev–Trinajstić information content (AvgIpc) is 2.89. The van der Waals surface area contributed by atoms with Gasteiger partial charge in [-0.1, -0.05) is 12.8 Å². The van der Waals surface area contributed by atoms with Crippen LogP contribution < -0.4 is 5.73 Å². The Morgan fingerprint density at radius 3 is 3.06 bits per heavy atom. The topological polar surface area (TPSA) is 43.8 Å². The summed E-state index contributed by atoms with van der Waals surface area (Å²) in [5.74, 6) is 7.31. The lowest BCUT2D eigenvalue weighted by Crippen LogP contribution is -2.07. The number of terminal acetylenes is 1. The number of nitrogens with zero attached hydrogens (tertiary/aromatic N) is 2. The Kier molecular flexibility index (Phi) is 3.45. The molecule has 0 spiro atoms. The first-order chi connectivity index (χ1) is 7.77. The first-order valence-electron chi connectivity index (χ1n) is 5.63. The molecule has 1 aliphatic heterocycles. The molecule has 1 aromatic rings. The molecule has 0 aromatic carbocycles. The van der Waals surface area contributed by atoms with Gasteiger partial charge in [-0.2, -0.15) is 11.8 Å². The first kappa shape index (κ1) is 11.4. The van der Waals surface area contributed by atoms with Crippen LogP contribution in [0.3, 0.4) is 0 Å². The minimum atomic E-state index is 0.523. The fraction of sp³-hybridized carbons (Fsp3) is 0.583. The Balaban J connectivity index is 2.35. The summed E-state index contributed by atoms with van der Waals surface area (Å²) in [5, 5.41) is 0. The number of rotatable bonds is 3. The summed E-state index contributed by atoms with van der Waals surface area (Å²) in [4.78, 5) is 4.66. The number of hydrogen-bond donors (Lipinski definition) is 1. The van der Waals surface area contributed by atoms with Crippen molar-refractivity contribution < 1.29 is 0 Å². The number of nitrogens with two attached hydrogens (primary N) is 1. The number of aryl methyl sites for hydroxylation is 1. The summed E-state index contributed by atoms with van der Waals surface area (Å²) in [6, 6.07) is 0. The molecule has 0 bridgehead atoms. The molecule has 1 fully saturated rings. The predicted octanol–water partition coefficient (Wildman–Crippen LogP) is 1.88. The number of thioether (sulfide) groups is 1. The van der Waals surface area contributed by atoms with Crippen molar-refractivity contribution in [1.82, 2.24) is 9.55 Å². The largest absolute Gasteiger partial charge is 0.384 e. The Hall–Kier alpha value is -1.08. The third-order valence-corrected chi connectivity index (χ3v) is 4.16. The van der Waals surface area contributed by atoms with Crippen molar-refractivity contribution in [2.45, 2.75) is 32.2 Å². The molecule has 0 radical (unpaired) electrons. The van der Waals surface area contributed by atoms with Crippen LogP contribution in [0.5, 0.6) is 0 Å². The van der Waals surface area contributed by atoms with Crippen molar-refractivity contribution in [1.29, 1.82) is 0 Å². The van der Waals surface area contributed by atoms with Gasteiger partial charge in [0.2, 0.25) is 0 Å². The molecule has 86 valence electrons. The second-order valence-electron chi connectivity index (χ2n) is 4.00. The number of hydrogen-bond acceptors (Lipinski definition) is 3. The molecule has 0 amide bonds. The highest BCUT2D eigenvalue weighted by atomic mass is 32.2. The van der Waals surface area contributed by atoms with Gasteiger partial charge in [0.25, 0.3) is 0 Å². The fourth-order valence-electron chi connectivity index (χ4n) is 2.12. The van der Waals surface area contributed by atoms with E-state index in [1.54, 1.807) is 0 Å². The van der Waals surface area contributed by atoms with E-state index in [0.29, 0.717) is 12.5 Å². The molecule has 1 aliphatic rings. The second-order valence-corrected chi connectivity index (χ2v) is 5.15. The van der Waals surface area contributed by atoms with E-state index in [1.807, 2.05) is 16.3 Å². The summed E-state index contributed by atoms with van der Waals surface area (Å²) in [6.45, 7) is 2.61. The minimum Gasteiger partial charge on any atom is -0.384 e. The van der Waals surface area contributed by atoms with Gasteiger partial charge in [-0.15, -0.1) is 6.42 Å². The molecule has 2 rings (SSSR count). The zero-order valence-corrected chi connectivity index (χ0v) is 10.4. The highest BCUT2D eigenvalue weighted by molar-refractivity contribution is 7.99. The van der Waals surface area contributed by atoms with Gasteiger partial charge < -0.3 is 10.3 Å². The zero-order chi connectivity index (χ0) is 11.5. The monoisotopic (exact) mass is 235 g/mol. The highest BCUT2D eigenvalue weighted by Crippen LogP contribution is 2.35. The van der Waals surface area contributed by atoms with Crippen molar-refractivity contribution in [3.8, 4) is 12.3 Å². The van der Waals surface area contributed by atoms with Crippen LogP contribution in [0, 0.1) is 12.3 Å². The number of imidazole rings is 1. The van der Waals surface area contributed by atoms with Crippen LogP contribution in [0.15, 0.2) is 0 Å². The quantitative estimate of drug-likeness (QED) is 0.814. The summed E-state index contributed by atoms with van der Waals surface area (Å²) in [5.41, 5.74) is 7.21. The third kappa shape index (κ3) is 1.92. The summed E-state index contributed by atoms with van der Waals surface area (Å²) in [6.07, 6.45) is 7.42. The average molecular weight is 235 g/mol. The first-order valence-corrected chi connectivity index (χ1v) is 6.79. The molecule has 2 N–H and O–H groups in total. The van der Waals surface area contributed by atoms with Crippen LogP contribution in [-0.4, -0.2) is 21.1 Å². The van der Waals surface area contributed by atoms with Crippen molar-refractivity contribution in [2.75, 3.05) is 17.2 Å². The Morgan fingerprint density at radius 2 is 2.50 bits per heavy atom. The smallest absolute Gasteiger partial charge is 0.127 e. The molecule has 1 aromatic heterocycles. The molecular formula is C12H17N3S. The molecule has 0 saturated carbocycles. The maximum absolute atomic E-state index is 6.14. The summed E-state index contributed by atoms with van der Waals surface area (Å²) >= 11 is 1.98. The summed E-state index contributed by atoms with van der Waals surface area (Å²) < 4.78 is 1.97. The molecular weight excluding hydrogens is 218 g/mol. The molecule has 1 unspecified atom stereocenters. The molecule has 3 nitrogen and oxygen atoms in total. The molecule has 4 heteroatoms. The SMILES string of the molecule is C#CCn1c(CC)nc(C2CCSC2)c1N. The predicted molar refractivity (Wildman–Crippen MR) is 69.5 cm³/mol. The van der Waals surface area contributed by atoms with E-state index in [2.05, 4.69) is 17.8 Å². The van der Waals surface area contributed by atoms with Gasteiger partial charge in [0.1, 0.15) is 11.6 Å². The van der Waals surface area contributed by atoms with Gasteiger partial charge in [0, 0.05) is 18.1 Å². The van der Waals surface area contributed by atoms with Crippen LogP contribution in [-0.2, 0) is 13.0 Å². The van der Waals surface area contributed by atoms with Gasteiger partial charge in [-0.25, -0.2) is 4.98 Å². The fourth-order valence-corrected chi connectivity index (χ4v) is 3.35. The second kappa shape index (κ2) is 4.84. The number of nitrogen functional groups attached to an aromatic ring is 1. The lowest BCUT2D eigenvalue weighted by Gasteiger charge is -2.07. The van der Waals surface area contributed by atoms with E-state index < -0.39 is 0 Å². The van der Waals surface area contributed by atoms with Crippen molar-refractivity contribution in [2.24, 2.45) is 0 Å². The molecule has 1 atom stereocenters. The number of anilines is 1. The van der Waals surface area contributed by atoms with E-state index in [9.17, 15) is 0 Å². The van der Waals surface area contributed by atoms with Crippen LogP contribution in [0.1, 0.15) is 30.8 Å². The van der Waals surface area contributed by atoms with Crippen LogP contribution in [0.4, 0.5) is 5.82 Å². The third-order valence-electron chi connectivity index (χ3n) is 3.00. The van der Waals surface area contributed by atoms with Crippen molar-refractivity contribution in [3.05, 3.63) is 11.5 Å². The molecule has 0 aliphatic carbocycles. The van der Waals surface area contributed by atoms with Gasteiger partial charge in [-0.3, -0.25) is 0 Å². The minimum absolute atomic E-state index is 0.523. The van der Waals surface area contributed by atoms with E-state index in [1.165, 1.54) is 12.2 Å².